The summed E-state index contributed by atoms with van der Waals surface area (Å²) in [5, 5.41) is 0. The van der Waals surface area contributed by atoms with Gasteiger partial charge in [0.2, 0.25) is 0 Å². The summed E-state index contributed by atoms with van der Waals surface area (Å²) in [7, 11) is 0. The fourth-order valence-electron chi connectivity index (χ4n) is 2.78. The molecule has 0 atom stereocenters. The lowest BCUT2D eigenvalue weighted by Gasteiger charge is -2.32. The molecular weight excluding hydrogens is 296 g/mol. The maximum absolute atomic E-state index is 3.60. The topological polar surface area (TPSA) is 0 Å². The summed E-state index contributed by atoms with van der Waals surface area (Å²) in [6, 6.07) is 17.3. The minimum Gasteiger partial charge on any atom is -0.0752 e. The van der Waals surface area contributed by atoms with Crippen molar-refractivity contribution in [2.45, 2.75) is 25.7 Å². The molecule has 0 aromatic heterocycles. The summed E-state index contributed by atoms with van der Waals surface area (Å²) in [5.74, 6) is 0. The molecule has 0 unspecified atom stereocenters. The van der Waals surface area contributed by atoms with Crippen LogP contribution < -0.4 is 0 Å². The van der Waals surface area contributed by atoms with Gasteiger partial charge in [0.15, 0.2) is 0 Å². The smallest absolute Gasteiger partial charge is 0.0178 e. The summed E-state index contributed by atoms with van der Waals surface area (Å²) in [6.07, 6.45) is 3.46. The van der Waals surface area contributed by atoms with Gasteiger partial charge in [0.25, 0.3) is 0 Å². The van der Waals surface area contributed by atoms with Gasteiger partial charge in [-0.05, 0) is 46.2 Å². The fourth-order valence-corrected chi connectivity index (χ4v) is 3.14. The number of allylic oxidation sites excluding steroid dienone is 1. The Balaban J connectivity index is 2.19. The van der Waals surface area contributed by atoms with Crippen molar-refractivity contribution in [3.63, 3.8) is 0 Å². The molecule has 0 heterocycles. The molecule has 0 amide bonds. The van der Waals surface area contributed by atoms with Crippen molar-refractivity contribution in [3.8, 4) is 0 Å². The van der Waals surface area contributed by atoms with Crippen LogP contribution in [0.15, 0.2) is 59.1 Å². The van der Waals surface area contributed by atoms with Crippen LogP contribution in [0.3, 0.4) is 0 Å². The van der Waals surface area contributed by atoms with Gasteiger partial charge < -0.3 is 0 Å². The van der Waals surface area contributed by atoms with E-state index in [-0.39, 0.29) is 5.41 Å². The molecule has 0 aliphatic heterocycles. The van der Waals surface area contributed by atoms with E-state index in [1.165, 1.54) is 22.3 Å². The second-order valence-electron chi connectivity index (χ2n) is 5.76. The minimum atomic E-state index is 0.206. The van der Waals surface area contributed by atoms with E-state index in [0.717, 1.165) is 10.9 Å². The Morgan fingerprint density at radius 3 is 2.47 bits per heavy atom. The molecule has 0 saturated carbocycles. The Morgan fingerprint density at radius 1 is 1.00 bits per heavy atom. The molecule has 1 aliphatic rings. The van der Waals surface area contributed by atoms with Gasteiger partial charge in [-0.15, -0.1) is 0 Å². The first-order chi connectivity index (χ1) is 9.08. The maximum Gasteiger partial charge on any atom is 0.0178 e. The number of benzene rings is 2. The van der Waals surface area contributed by atoms with Gasteiger partial charge >= 0.3 is 0 Å². The molecule has 2 aromatic carbocycles. The average molecular weight is 313 g/mol. The van der Waals surface area contributed by atoms with E-state index in [1.54, 1.807) is 0 Å². The van der Waals surface area contributed by atoms with Gasteiger partial charge in [-0.1, -0.05) is 72.3 Å². The molecule has 1 aliphatic carbocycles. The standard InChI is InChI=1S/C18H17Br/c1-18(2)11-10-15(13-6-4-3-5-7-13)16-9-8-14(19)12-17(16)18/h3-10,12H,11H2,1-2H3. The minimum absolute atomic E-state index is 0.206. The largest absolute Gasteiger partial charge is 0.0752 e. The van der Waals surface area contributed by atoms with Crippen LogP contribution in [0, 0.1) is 0 Å². The third kappa shape index (κ3) is 2.28. The highest BCUT2D eigenvalue weighted by Gasteiger charge is 2.28. The highest BCUT2D eigenvalue weighted by atomic mass is 79.9. The molecule has 96 valence electrons. The Kier molecular flexibility index (Phi) is 3.10. The van der Waals surface area contributed by atoms with Crippen LogP contribution in [0.4, 0.5) is 0 Å². The Labute approximate surface area is 123 Å². The zero-order chi connectivity index (χ0) is 13.5. The van der Waals surface area contributed by atoms with Gasteiger partial charge in [-0.2, -0.15) is 0 Å². The van der Waals surface area contributed by atoms with E-state index in [0.29, 0.717) is 0 Å². The van der Waals surface area contributed by atoms with E-state index >= 15 is 0 Å². The van der Waals surface area contributed by atoms with Crippen LogP contribution in [0.1, 0.15) is 37.0 Å². The summed E-state index contributed by atoms with van der Waals surface area (Å²) >= 11 is 3.60. The van der Waals surface area contributed by atoms with Crippen molar-refractivity contribution in [3.05, 3.63) is 75.8 Å². The highest BCUT2D eigenvalue weighted by molar-refractivity contribution is 9.10. The van der Waals surface area contributed by atoms with Crippen molar-refractivity contribution >= 4 is 21.5 Å². The zero-order valence-electron chi connectivity index (χ0n) is 11.3. The predicted octanol–water partition coefficient (Wildman–Crippen LogP) is 5.56. The zero-order valence-corrected chi connectivity index (χ0v) is 12.9. The second-order valence-corrected chi connectivity index (χ2v) is 6.68. The summed E-state index contributed by atoms with van der Waals surface area (Å²) in [5.41, 5.74) is 5.68. The second kappa shape index (κ2) is 4.64. The number of rotatable bonds is 1. The molecule has 2 aromatic rings. The molecule has 3 rings (SSSR count). The third-order valence-electron chi connectivity index (χ3n) is 3.90. The Morgan fingerprint density at radius 2 is 1.74 bits per heavy atom. The van der Waals surface area contributed by atoms with Crippen LogP contribution >= 0.6 is 15.9 Å². The van der Waals surface area contributed by atoms with Crippen LogP contribution in [-0.2, 0) is 5.41 Å². The first-order valence-corrected chi connectivity index (χ1v) is 7.43. The first-order valence-electron chi connectivity index (χ1n) is 6.64. The van der Waals surface area contributed by atoms with Crippen LogP contribution in [0.5, 0.6) is 0 Å². The number of hydrogen-bond acceptors (Lipinski definition) is 0. The van der Waals surface area contributed by atoms with Crippen molar-refractivity contribution in [2.75, 3.05) is 0 Å². The van der Waals surface area contributed by atoms with Gasteiger partial charge in [-0.3, -0.25) is 0 Å². The predicted molar refractivity (Wildman–Crippen MR) is 85.3 cm³/mol. The molecule has 0 bridgehead atoms. The Hall–Kier alpha value is -1.34. The van der Waals surface area contributed by atoms with Crippen LogP contribution in [-0.4, -0.2) is 0 Å². The number of halogens is 1. The number of fused-ring (bicyclic) bond motifs is 1. The van der Waals surface area contributed by atoms with Gasteiger partial charge in [-0.25, -0.2) is 0 Å². The van der Waals surface area contributed by atoms with Crippen molar-refractivity contribution in [1.29, 1.82) is 0 Å². The summed E-state index contributed by atoms with van der Waals surface area (Å²) < 4.78 is 1.16. The molecule has 0 radical (unpaired) electrons. The molecular formula is C18H17Br. The van der Waals surface area contributed by atoms with Crippen LogP contribution in [0.25, 0.3) is 5.57 Å². The lowest BCUT2D eigenvalue weighted by atomic mass is 9.72. The monoisotopic (exact) mass is 312 g/mol. The van der Waals surface area contributed by atoms with Crippen molar-refractivity contribution < 1.29 is 0 Å². The summed E-state index contributed by atoms with van der Waals surface area (Å²) in [4.78, 5) is 0. The van der Waals surface area contributed by atoms with Gasteiger partial charge in [0.05, 0.1) is 0 Å². The quantitative estimate of drug-likeness (QED) is 0.646. The lowest BCUT2D eigenvalue weighted by molar-refractivity contribution is 0.527. The van der Waals surface area contributed by atoms with E-state index in [1.807, 2.05) is 0 Å². The first kappa shape index (κ1) is 12.7. The van der Waals surface area contributed by atoms with Crippen molar-refractivity contribution in [2.24, 2.45) is 0 Å². The molecule has 0 saturated heterocycles. The molecule has 1 heteroatoms. The molecule has 0 fully saturated rings. The molecule has 0 nitrogen and oxygen atoms in total. The average Bonchev–Trinajstić information content (AvgIpc) is 2.41. The number of hydrogen-bond donors (Lipinski definition) is 0. The molecule has 0 N–H and O–H groups in total. The van der Waals surface area contributed by atoms with Crippen molar-refractivity contribution in [1.82, 2.24) is 0 Å². The maximum atomic E-state index is 3.60. The fraction of sp³-hybridized carbons (Fsp3) is 0.222. The molecule has 19 heavy (non-hydrogen) atoms. The third-order valence-corrected chi connectivity index (χ3v) is 4.40. The van der Waals surface area contributed by atoms with Gasteiger partial charge in [0.1, 0.15) is 0 Å². The highest BCUT2D eigenvalue weighted by Crippen LogP contribution is 2.42. The lowest BCUT2D eigenvalue weighted by Crippen LogP contribution is -2.21. The van der Waals surface area contributed by atoms with Gasteiger partial charge in [0, 0.05) is 4.47 Å². The van der Waals surface area contributed by atoms with E-state index in [4.69, 9.17) is 0 Å². The van der Waals surface area contributed by atoms with E-state index < -0.39 is 0 Å². The summed E-state index contributed by atoms with van der Waals surface area (Å²) in [6.45, 7) is 4.63. The van der Waals surface area contributed by atoms with Crippen LogP contribution in [0.2, 0.25) is 0 Å². The van der Waals surface area contributed by atoms with E-state index in [2.05, 4.69) is 84.4 Å². The SMILES string of the molecule is CC1(C)CC=C(c2ccccc2)c2ccc(Br)cc21. The Bertz CT molecular complexity index is 636. The van der Waals surface area contributed by atoms with E-state index in [9.17, 15) is 0 Å². The molecule has 0 spiro atoms. The normalized spacial score (nSPS) is 16.7.